The average molecular weight is 312 g/mol. The molecule has 118 valence electrons. The molecule has 2 rings (SSSR count). The summed E-state index contributed by atoms with van der Waals surface area (Å²) in [5.74, 6) is 0.383. The van der Waals surface area contributed by atoms with Crippen LogP contribution >= 0.6 is 0 Å². The van der Waals surface area contributed by atoms with Gasteiger partial charge >= 0.3 is 0 Å². The molecule has 1 atom stereocenters. The fraction of sp³-hybridized carbons (Fsp3) is 0.643. The normalized spacial score (nSPS) is 19.8. The number of likely N-dealkylation sites (tertiary alicyclic amines) is 1. The lowest BCUT2D eigenvalue weighted by Gasteiger charge is -2.14. The molecule has 1 aliphatic heterocycles. The van der Waals surface area contributed by atoms with Crippen molar-refractivity contribution >= 4 is 15.7 Å². The fourth-order valence-corrected chi connectivity index (χ4v) is 3.74. The van der Waals surface area contributed by atoms with Gasteiger partial charge in [-0.25, -0.2) is 13.1 Å². The molecule has 1 aromatic heterocycles. The maximum atomic E-state index is 12.4. The number of hydrogen-bond acceptors (Lipinski definition) is 5. The molecule has 0 radical (unpaired) electrons. The number of sulfonamides is 1. The van der Waals surface area contributed by atoms with Crippen LogP contribution in [0.1, 0.15) is 19.8 Å². The molecule has 2 heterocycles. The van der Waals surface area contributed by atoms with E-state index < -0.39 is 10.0 Å². The summed E-state index contributed by atoms with van der Waals surface area (Å²) in [4.78, 5) is 6.39. The third kappa shape index (κ3) is 4.39. The van der Waals surface area contributed by atoms with Gasteiger partial charge in [0.2, 0.25) is 10.0 Å². The minimum Gasteiger partial charge on any atom is -0.384 e. The highest BCUT2D eigenvalue weighted by atomic mass is 32.2. The smallest absolute Gasteiger partial charge is 0.244 e. The zero-order chi connectivity index (χ0) is 15.3. The van der Waals surface area contributed by atoms with Gasteiger partial charge in [-0.15, -0.1) is 0 Å². The summed E-state index contributed by atoms with van der Waals surface area (Å²) in [6.07, 6.45) is 4.97. The first kappa shape index (κ1) is 16.2. The number of pyridine rings is 1. The Kier molecular flexibility index (Phi) is 5.55. The Morgan fingerprint density at radius 1 is 1.48 bits per heavy atom. The van der Waals surface area contributed by atoms with Gasteiger partial charge in [-0.05, 0) is 38.4 Å². The minimum atomic E-state index is -3.52. The Morgan fingerprint density at radius 2 is 2.29 bits per heavy atom. The molecule has 6 nitrogen and oxygen atoms in total. The van der Waals surface area contributed by atoms with Crippen molar-refractivity contribution in [2.24, 2.45) is 5.92 Å². The van der Waals surface area contributed by atoms with Gasteiger partial charge < -0.3 is 10.2 Å². The lowest BCUT2D eigenvalue weighted by molar-refractivity contribution is 0.394. The highest BCUT2D eigenvalue weighted by Gasteiger charge is 2.24. The summed E-state index contributed by atoms with van der Waals surface area (Å²) in [7, 11) is -1.46. The van der Waals surface area contributed by atoms with Crippen LogP contribution in [0.25, 0.3) is 0 Å². The van der Waals surface area contributed by atoms with Crippen LogP contribution in [-0.2, 0) is 10.0 Å². The van der Waals surface area contributed by atoms with Gasteiger partial charge in [0, 0.05) is 32.0 Å². The van der Waals surface area contributed by atoms with Crippen LogP contribution in [-0.4, -0.2) is 51.5 Å². The summed E-state index contributed by atoms with van der Waals surface area (Å²) in [6.45, 7) is 5.23. The Balaban J connectivity index is 2.05. The molecule has 0 aromatic carbocycles. The van der Waals surface area contributed by atoms with Crippen molar-refractivity contribution < 1.29 is 8.42 Å². The van der Waals surface area contributed by atoms with E-state index in [4.69, 9.17) is 0 Å². The van der Waals surface area contributed by atoms with E-state index >= 15 is 0 Å². The Labute approximate surface area is 127 Å². The number of hydrogen-bond donors (Lipinski definition) is 2. The van der Waals surface area contributed by atoms with Crippen molar-refractivity contribution in [2.75, 3.05) is 38.5 Å². The number of nitrogens with zero attached hydrogens (tertiary/aromatic N) is 2. The van der Waals surface area contributed by atoms with E-state index in [2.05, 4.69) is 27.0 Å². The van der Waals surface area contributed by atoms with Crippen molar-refractivity contribution in [1.29, 1.82) is 0 Å². The van der Waals surface area contributed by atoms with Crippen LogP contribution < -0.4 is 10.0 Å². The monoisotopic (exact) mass is 312 g/mol. The topological polar surface area (TPSA) is 74.3 Å². The standard InChI is InChI=1S/C14H24N4O2S/c1-3-6-16-13-4-7-15-10-14(13)21(19,20)17-9-12-5-8-18(2)11-12/h4,7,10,12,17H,3,5-6,8-9,11H2,1-2H3,(H,15,16). The van der Waals surface area contributed by atoms with E-state index in [-0.39, 0.29) is 4.90 Å². The SMILES string of the molecule is CCCNc1ccncc1S(=O)(=O)NCC1CCN(C)C1. The second-order valence-corrected chi connectivity index (χ2v) is 7.30. The van der Waals surface area contributed by atoms with Crippen LogP contribution in [0.15, 0.2) is 23.4 Å². The second kappa shape index (κ2) is 7.20. The molecular weight excluding hydrogens is 288 g/mol. The summed E-state index contributed by atoms with van der Waals surface area (Å²) in [6, 6.07) is 1.70. The van der Waals surface area contributed by atoms with Gasteiger partial charge in [0.15, 0.2) is 0 Å². The summed E-state index contributed by atoms with van der Waals surface area (Å²) in [5, 5.41) is 3.14. The zero-order valence-electron chi connectivity index (χ0n) is 12.7. The lowest BCUT2D eigenvalue weighted by atomic mass is 10.1. The molecule has 0 saturated carbocycles. The molecule has 2 N–H and O–H groups in total. The number of aromatic nitrogens is 1. The van der Waals surface area contributed by atoms with Gasteiger partial charge in [-0.2, -0.15) is 0 Å². The quantitative estimate of drug-likeness (QED) is 0.789. The molecular formula is C14H24N4O2S. The molecule has 7 heteroatoms. The Bertz CT molecular complexity index is 562. The number of rotatable bonds is 7. The maximum Gasteiger partial charge on any atom is 0.244 e. The maximum absolute atomic E-state index is 12.4. The number of anilines is 1. The zero-order valence-corrected chi connectivity index (χ0v) is 13.5. The molecule has 0 amide bonds. The Morgan fingerprint density at radius 3 is 2.95 bits per heavy atom. The third-order valence-corrected chi connectivity index (χ3v) is 5.14. The molecule has 1 saturated heterocycles. The summed E-state index contributed by atoms with van der Waals surface area (Å²) >= 11 is 0. The Hall–Kier alpha value is -1.18. The van der Waals surface area contributed by atoms with Crippen molar-refractivity contribution in [3.8, 4) is 0 Å². The fourth-order valence-electron chi connectivity index (χ4n) is 2.50. The molecule has 1 aliphatic rings. The summed E-state index contributed by atoms with van der Waals surface area (Å²) in [5.41, 5.74) is 0.614. The minimum absolute atomic E-state index is 0.227. The molecule has 0 spiro atoms. The first-order valence-corrected chi connectivity index (χ1v) is 8.87. The predicted molar refractivity (Wildman–Crippen MR) is 83.8 cm³/mol. The van der Waals surface area contributed by atoms with E-state index in [9.17, 15) is 8.42 Å². The van der Waals surface area contributed by atoms with Gasteiger partial charge in [0.25, 0.3) is 0 Å². The van der Waals surface area contributed by atoms with Gasteiger partial charge in [0.1, 0.15) is 4.90 Å². The molecule has 1 unspecified atom stereocenters. The highest BCUT2D eigenvalue weighted by Crippen LogP contribution is 2.20. The molecule has 0 bridgehead atoms. The second-order valence-electron chi connectivity index (χ2n) is 5.57. The predicted octanol–water partition coefficient (Wildman–Crippen LogP) is 1.13. The van der Waals surface area contributed by atoms with Crippen LogP contribution in [0.4, 0.5) is 5.69 Å². The van der Waals surface area contributed by atoms with Crippen molar-refractivity contribution in [3.63, 3.8) is 0 Å². The average Bonchev–Trinajstić information content (AvgIpc) is 2.89. The van der Waals surface area contributed by atoms with E-state index in [1.54, 1.807) is 12.3 Å². The molecule has 1 fully saturated rings. The van der Waals surface area contributed by atoms with E-state index in [0.717, 1.165) is 32.5 Å². The van der Waals surface area contributed by atoms with Crippen LogP contribution in [0.5, 0.6) is 0 Å². The van der Waals surface area contributed by atoms with Crippen LogP contribution in [0, 0.1) is 5.92 Å². The van der Waals surface area contributed by atoms with Crippen LogP contribution in [0.3, 0.4) is 0 Å². The third-order valence-electron chi connectivity index (χ3n) is 3.69. The van der Waals surface area contributed by atoms with E-state index in [1.807, 2.05) is 6.92 Å². The van der Waals surface area contributed by atoms with E-state index in [0.29, 0.717) is 18.2 Å². The van der Waals surface area contributed by atoms with Gasteiger partial charge in [0.05, 0.1) is 5.69 Å². The molecule has 21 heavy (non-hydrogen) atoms. The van der Waals surface area contributed by atoms with Crippen LogP contribution in [0.2, 0.25) is 0 Å². The first-order valence-electron chi connectivity index (χ1n) is 7.39. The van der Waals surface area contributed by atoms with Crippen molar-refractivity contribution in [2.45, 2.75) is 24.7 Å². The van der Waals surface area contributed by atoms with E-state index in [1.165, 1.54) is 6.20 Å². The highest BCUT2D eigenvalue weighted by molar-refractivity contribution is 7.89. The molecule has 0 aliphatic carbocycles. The van der Waals surface area contributed by atoms with Crippen molar-refractivity contribution in [3.05, 3.63) is 18.5 Å². The molecule has 1 aromatic rings. The summed E-state index contributed by atoms with van der Waals surface area (Å²) < 4.78 is 27.6. The largest absolute Gasteiger partial charge is 0.384 e. The first-order chi connectivity index (χ1) is 10.0. The van der Waals surface area contributed by atoms with Crippen molar-refractivity contribution in [1.82, 2.24) is 14.6 Å². The van der Waals surface area contributed by atoms with Gasteiger partial charge in [-0.1, -0.05) is 6.92 Å². The number of nitrogens with one attached hydrogen (secondary N) is 2. The van der Waals surface area contributed by atoms with Gasteiger partial charge in [-0.3, -0.25) is 4.98 Å². The lowest BCUT2D eigenvalue weighted by Crippen LogP contribution is -2.31.